The Balaban J connectivity index is 2.38. The lowest BCUT2D eigenvalue weighted by Crippen LogP contribution is -1.98. The molecule has 0 amide bonds. The first-order chi connectivity index (χ1) is 11.0. The summed E-state index contributed by atoms with van der Waals surface area (Å²) in [5, 5.41) is 10.8. The highest BCUT2D eigenvalue weighted by Gasteiger charge is 2.12. The van der Waals surface area contributed by atoms with Gasteiger partial charge in [-0.15, -0.1) is 0 Å². The van der Waals surface area contributed by atoms with E-state index >= 15 is 0 Å². The van der Waals surface area contributed by atoms with Crippen molar-refractivity contribution < 1.29 is 5.11 Å². The zero-order valence-electron chi connectivity index (χ0n) is 15.0. The van der Waals surface area contributed by atoms with Gasteiger partial charge in [0.1, 0.15) is 5.75 Å². The molecule has 1 N–H and O–H groups in total. The SMILES string of the molecule is CC(C)CCc1cc(CCC(C)C)c(O)c(-c2ccccc2)c1. The molecule has 0 fully saturated rings. The van der Waals surface area contributed by atoms with Crippen molar-refractivity contribution in [3.05, 3.63) is 53.6 Å². The second-order valence-electron chi connectivity index (χ2n) is 7.38. The van der Waals surface area contributed by atoms with Crippen LogP contribution in [0, 0.1) is 11.8 Å². The van der Waals surface area contributed by atoms with Crippen LogP contribution < -0.4 is 0 Å². The van der Waals surface area contributed by atoms with E-state index in [1.54, 1.807) is 0 Å². The summed E-state index contributed by atoms with van der Waals surface area (Å²) in [5.41, 5.74) is 4.51. The first-order valence-electron chi connectivity index (χ1n) is 8.87. The number of benzene rings is 2. The average molecular weight is 310 g/mol. The molecule has 0 atom stereocenters. The summed E-state index contributed by atoms with van der Waals surface area (Å²) in [6.07, 6.45) is 4.31. The van der Waals surface area contributed by atoms with Gasteiger partial charge in [-0.25, -0.2) is 0 Å². The van der Waals surface area contributed by atoms with E-state index in [0.29, 0.717) is 17.6 Å². The molecule has 0 aliphatic rings. The van der Waals surface area contributed by atoms with E-state index in [1.165, 1.54) is 12.0 Å². The van der Waals surface area contributed by atoms with E-state index in [9.17, 15) is 5.11 Å². The fourth-order valence-corrected chi connectivity index (χ4v) is 2.83. The van der Waals surface area contributed by atoms with Crippen LogP contribution in [-0.4, -0.2) is 5.11 Å². The van der Waals surface area contributed by atoms with Crippen LogP contribution in [0.1, 0.15) is 51.7 Å². The molecular formula is C22H30O. The van der Waals surface area contributed by atoms with Gasteiger partial charge in [0.2, 0.25) is 0 Å². The lowest BCUT2D eigenvalue weighted by Gasteiger charge is -2.15. The van der Waals surface area contributed by atoms with Crippen LogP contribution in [0.4, 0.5) is 0 Å². The Morgan fingerprint density at radius 3 is 2.04 bits per heavy atom. The Bertz CT molecular complexity index is 611. The number of aromatic hydroxyl groups is 1. The number of phenols is 1. The monoisotopic (exact) mass is 310 g/mol. The van der Waals surface area contributed by atoms with Crippen LogP contribution in [0.25, 0.3) is 11.1 Å². The van der Waals surface area contributed by atoms with Gasteiger partial charge in [-0.2, -0.15) is 0 Å². The molecule has 2 aromatic rings. The highest BCUT2D eigenvalue weighted by atomic mass is 16.3. The quantitative estimate of drug-likeness (QED) is 0.642. The van der Waals surface area contributed by atoms with E-state index in [0.717, 1.165) is 36.0 Å². The summed E-state index contributed by atoms with van der Waals surface area (Å²) < 4.78 is 0. The molecule has 0 aromatic heterocycles. The number of phenolic OH excluding ortho intramolecular Hbond substituents is 1. The summed E-state index contributed by atoms with van der Waals surface area (Å²) in [5.74, 6) is 1.81. The van der Waals surface area contributed by atoms with Gasteiger partial charge in [0.15, 0.2) is 0 Å². The Labute approximate surface area is 141 Å². The van der Waals surface area contributed by atoms with Crippen LogP contribution in [0.5, 0.6) is 5.75 Å². The molecule has 23 heavy (non-hydrogen) atoms. The third-order valence-electron chi connectivity index (χ3n) is 4.33. The molecule has 0 saturated carbocycles. The van der Waals surface area contributed by atoms with Crippen LogP contribution in [0.2, 0.25) is 0 Å². The average Bonchev–Trinajstić information content (AvgIpc) is 2.53. The van der Waals surface area contributed by atoms with Gasteiger partial charge in [-0.05, 0) is 60.3 Å². The smallest absolute Gasteiger partial charge is 0.126 e. The highest BCUT2D eigenvalue weighted by molar-refractivity contribution is 5.72. The molecular weight excluding hydrogens is 280 g/mol. The summed E-state index contributed by atoms with van der Waals surface area (Å²) in [6.45, 7) is 8.99. The molecule has 1 nitrogen and oxygen atoms in total. The summed E-state index contributed by atoms with van der Waals surface area (Å²) in [6, 6.07) is 14.6. The van der Waals surface area contributed by atoms with E-state index in [1.807, 2.05) is 18.2 Å². The van der Waals surface area contributed by atoms with Crippen LogP contribution in [0.15, 0.2) is 42.5 Å². The third kappa shape index (κ3) is 5.13. The van der Waals surface area contributed by atoms with Crippen molar-refractivity contribution in [1.82, 2.24) is 0 Å². The lowest BCUT2D eigenvalue weighted by atomic mass is 9.92. The van der Waals surface area contributed by atoms with E-state index in [-0.39, 0.29) is 0 Å². The molecule has 124 valence electrons. The van der Waals surface area contributed by atoms with Gasteiger partial charge in [-0.3, -0.25) is 0 Å². The maximum absolute atomic E-state index is 10.8. The van der Waals surface area contributed by atoms with Gasteiger partial charge in [0.05, 0.1) is 0 Å². The van der Waals surface area contributed by atoms with Crippen molar-refractivity contribution >= 4 is 0 Å². The van der Waals surface area contributed by atoms with Gasteiger partial charge < -0.3 is 5.11 Å². The molecule has 0 aliphatic carbocycles. The van der Waals surface area contributed by atoms with E-state index in [4.69, 9.17) is 0 Å². The van der Waals surface area contributed by atoms with E-state index < -0.39 is 0 Å². The Morgan fingerprint density at radius 2 is 1.43 bits per heavy atom. The van der Waals surface area contributed by atoms with Crippen LogP contribution >= 0.6 is 0 Å². The van der Waals surface area contributed by atoms with Crippen LogP contribution in [-0.2, 0) is 12.8 Å². The zero-order chi connectivity index (χ0) is 16.8. The molecule has 0 unspecified atom stereocenters. The van der Waals surface area contributed by atoms with Crippen molar-refractivity contribution in [2.24, 2.45) is 11.8 Å². The minimum Gasteiger partial charge on any atom is -0.507 e. The summed E-state index contributed by atoms with van der Waals surface area (Å²) >= 11 is 0. The van der Waals surface area contributed by atoms with Crippen LogP contribution in [0.3, 0.4) is 0 Å². The van der Waals surface area contributed by atoms with Crippen molar-refractivity contribution in [3.8, 4) is 16.9 Å². The molecule has 1 heteroatoms. The third-order valence-corrected chi connectivity index (χ3v) is 4.33. The maximum Gasteiger partial charge on any atom is 0.126 e. The standard InChI is InChI=1S/C22H30O/c1-16(2)10-12-18-14-20(13-11-17(3)4)22(23)21(15-18)19-8-6-5-7-9-19/h5-9,14-17,23H,10-13H2,1-4H3. The molecule has 0 radical (unpaired) electrons. The minimum atomic E-state index is 0.463. The van der Waals surface area contributed by atoms with Gasteiger partial charge in [0, 0.05) is 5.56 Å². The Morgan fingerprint density at radius 1 is 0.826 bits per heavy atom. The normalized spacial score (nSPS) is 11.4. The summed E-state index contributed by atoms with van der Waals surface area (Å²) in [4.78, 5) is 0. The van der Waals surface area contributed by atoms with Crippen molar-refractivity contribution in [3.63, 3.8) is 0 Å². The molecule has 2 aromatic carbocycles. The fraction of sp³-hybridized carbons (Fsp3) is 0.455. The minimum absolute atomic E-state index is 0.463. The van der Waals surface area contributed by atoms with Gasteiger partial charge in [-0.1, -0.05) is 64.1 Å². The lowest BCUT2D eigenvalue weighted by molar-refractivity contribution is 0.465. The van der Waals surface area contributed by atoms with Gasteiger partial charge in [0.25, 0.3) is 0 Å². The fourth-order valence-electron chi connectivity index (χ4n) is 2.83. The molecule has 0 saturated heterocycles. The predicted octanol–water partition coefficient (Wildman–Crippen LogP) is 6.24. The number of hydrogen-bond donors (Lipinski definition) is 1. The second-order valence-corrected chi connectivity index (χ2v) is 7.38. The topological polar surface area (TPSA) is 20.2 Å². The zero-order valence-corrected chi connectivity index (χ0v) is 15.0. The number of aryl methyl sites for hydroxylation is 2. The van der Waals surface area contributed by atoms with E-state index in [2.05, 4.69) is 52.0 Å². The second kappa shape index (κ2) is 8.19. The predicted molar refractivity (Wildman–Crippen MR) is 99.9 cm³/mol. The molecule has 0 aliphatic heterocycles. The molecule has 2 rings (SSSR count). The van der Waals surface area contributed by atoms with Crippen molar-refractivity contribution in [2.45, 2.75) is 53.4 Å². The van der Waals surface area contributed by atoms with Crippen molar-refractivity contribution in [1.29, 1.82) is 0 Å². The maximum atomic E-state index is 10.8. The summed E-state index contributed by atoms with van der Waals surface area (Å²) in [7, 11) is 0. The van der Waals surface area contributed by atoms with Gasteiger partial charge >= 0.3 is 0 Å². The first-order valence-corrected chi connectivity index (χ1v) is 8.87. The highest BCUT2D eigenvalue weighted by Crippen LogP contribution is 2.35. The first kappa shape index (κ1) is 17.6. The van der Waals surface area contributed by atoms with Crippen molar-refractivity contribution in [2.75, 3.05) is 0 Å². The molecule has 0 bridgehead atoms. The Kier molecular flexibility index (Phi) is 6.27. The number of hydrogen-bond acceptors (Lipinski definition) is 1. The number of rotatable bonds is 7. The largest absolute Gasteiger partial charge is 0.507 e. The molecule has 0 heterocycles. The molecule has 0 spiro atoms. The Hall–Kier alpha value is -1.76.